The number of nitrogens with one attached hydrogen (secondary N) is 1. The first-order chi connectivity index (χ1) is 11.1. The van der Waals surface area contributed by atoms with Gasteiger partial charge in [0.05, 0.1) is 31.3 Å². The summed E-state index contributed by atoms with van der Waals surface area (Å²) in [5.74, 6) is 0.357. The molecule has 126 valence electrons. The molecular formula is C15H23N5O3. The molecule has 0 radical (unpaired) electrons. The Kier molecular flexibility index (Phi) is 4.92. The van der Waals surface area contributed by atoms with Crippen LogP contribution >= 0.6 is 0 Å². The smallest absolute Gasteiger partial charge is 0.231 e. The van der Waals surface area contributed by atoms with Crippen molar-refractivity contribution in [2.45, 2.75) is 25.3 Å². The number of likely N-dealkylation sites (tertiary alicyclic amines) is 1. The zero-order valence-corrected chi connectivity index (χ0v) is 13.1. The minimum atomic E-state index is -0.297. The van der Waals surface area contributed by atoms with Gasteiger partial charge < -0.3 is 15.8 Å². The molecule has 0 aromatic carbocycles. The number of carbonyl (C=O) groups excluding carboxylic acids is 2. The first kappa shape index (κ1) is 15.9. The van der Waals surface area contributed by atoms with Gasteiger partial charge in [-0.3, -0.25) is 14.5 Å². The molecule has 23 heavy (non-hydrogen) atoms. The van der Waals surface area contributed by atoms with E-state index in [4.69, 9.17) is 10.5 Å². The Morgan fingerprint density at radius 3 is 2.78 bits per heavy atom. The van der Waals surface area contributed by atoms with Gasteiger partial charge in [0.15, 0.2) is 0 Å². The number of nitrogens with two attached hydrogens (primary N) is 1. The molecule has 0 unspecified atom stereocenters. The van der Waals surface area contributed by atoms with E-state index in [1.54, 1.807) is 6.20 Å². The summed E-state index contributed by atoms with van der Waals surface area (Å²) in [5.41, 5.74) is 5.24. The van der Waals surface area contributed by atoms with E-state index in [2.05, 4.69) is 15.3 Å². The molecule has 3 N–H and O–H groups in total. The summed E-state index contributed by atoms with van der Waals surface area (Å²) < 4.78 is 7.15. The second-order valence-corrected chi connectivity index (χ2v) is 6.18. The van der Waals surface area contributed by atoms with Crippen molar-refractivity contribution in [2.24, 2.45) is 11.7 Å². The number of amides is 2. The number of piperidine rings is 1. The third-order valence-electron chi connectivity index (χ3n) is 4.50. The lowest BCUT2D eigenvalue weighted by Gasteiger charge is -2.31. The normalized spacial score (nSPS) is 23.0. The zero-order valence-electron chi connectivity index (χ0n) is 13.1. The summed E-state index contributed by atoms with van der Waals surface area (Å²) in [4.78, 5) is 25.3. The first-order valence-electron chi connectivity index (χ1n) is 8.06. The van der Waals surface area contributed by atoms with Gasteiger partial charge in [-0.15, -0.1) is 0 Å². The van der Waals surface area contributed by atoms with E-state index in [0.717, 1.165) is 38.2 Å². The molecule has 1 aromatic heterocycles. The average molecular weight is 321 g/mol. The fourth-order valence-electron chi connectivity index (χ4n) is 3.22. The summed E-state index contributed by atoms with van der Waals surface area (Å²) >= 11 is 0. The zero-order chi connectivity index (χ0) is 16.2. The molecule has 3 heterocycles. The van der Waals surface area contributed by atoms with Crippen LogP contribution < -0.4 is 11.1 Å². The molecule has 8 heteroatoms. The lowest BCUT2D eigenvalue weighted by molar-refractivity contribution is -0.120. The van der Waals surface area contributed by atoms with Crippen LogP contribution in [-0.4, -0.2) is 59.3 Å². The van der Waals surface area contributed by atoms with Crippen LogP contribution in [0, 0.1) is 5.92 Å². The average Bonchev–Trinajstić information content (AvgIpc) is 3.18. The Hall–Kier alpha value is -1.93. The highest BCUT2D eigenvalue weighted by Gasteiger charge is 2.27. The van der Waals surface area contributed by atoms with E-state index in [1.165, 1.54) is 0 Å². The lowest BCUT2D eigenvalue weighted by atomic mass is 10.1. The Labute approximate surface area is 134 Å². The topological polar surface area (TPSA) is 102 Å². The number of aromatic nitrogens is 2. The molecule has 1 aromatic rings. The second kappa shape index (κ2) is 7.10. The van der Waals surface area contributed by atoms with Crippen molar-refractivity contribution >= 4 is 17.6 Å². The van der Waals surface area contributed by atoms with Crippen molar-refractivity contribution in [1.29, 1.82) is 0 Å². The Morgan fingerprint density at radius 1 is 1.35 bits per heavy atom. The van der Waals surface area contributed by atoms with Gasteiger partial charge in [-0.25, -0.2) is 4.68 Å². The van der Waals surface area contributed by atoms with Gasteiger partial charge in [-0.05, 0) is 19.3 Å². The number of anilines is 1. The third-order valence-corrected chi connectivity index (χ3v) is 4.50. The first-order valence-corrected chi connectivity index (χ1v) is 8.06. The molecular weight excluding hydrogens is 298 g/mol. The molecule has 0 bridgehead atoms. The van der Waals surface area contributed by atoms with Crippen LogP contribution in [0.1, 0.15) is 25.3 Å². The molecule has 3 rings (SSSR count). The van der Waals surface area contributed by atoms with Crippen LogP contribution in [0.15, 0.2) is 12.3 Å². The van der Waals surface area contributed by atoms with Crippen LogP contribution in [-0.2, 0) is 14.3 Å². The third kappa shape index (κ3) is 3.89. The van der Waals surface area contributed by atoms with E-state index >= 15 is 0 Å². The number of primary amides is 1. The molecule has 0 spiro atoms. The van der Waals surface area contributed by atoms with Crippen molar-refractivity contribution in [3.8, 4) is 0 Å². The fourth-order valence-corrected chi connectivity index (χ4v) is 3.22. The van der Waals surface area contributed by atoms with Crippen LogP contribution in [0.5, 0.6) is 0 Å². The lowest BCUT2D eigenvalue weighted by Crippen LogP contribution is -2.40. The van der Waals surface area contributed by atoms with Crippen LogP contribution in [0.25, 0.3) is 0 Å². The monoisotopic (exact) mass is 321 g/mol. The Morgan fingerprint density at radius 2 is 2.13 bits per heavy atom. The van der Waals surface area contributed by atoms with E-state index in [0.29, 0.717) is 19.8 Å². The van der Waals surface area contributed by atoms with Crippen molar-refractivity contribution in [2.75, 3.05) is 38.2 Å². The fraction of sp³-hybridized carbons (Fsp3) is 0.667. The number of hydrogen-bond acceptors (Lipinski definition) is 5. The number of nitrogens with zero attached hydrogens (tertiary/aromatic N) is 3. The van der Waals surface area contributed by atoms with Crippen molar-refractivity contribution < 1.29 is 14.3 Å². The van der Waals surface area contributed by atoms with E-state index in [9.17, 15) is 9.59 Å². The molecule has 8 nitrogen and oxygen atoms in total. The van der Waals surface area contributed by atoms with E-state index in [1.807, 2.05) is 10.7 Å². The van der Waals surface area contributed by atoms with Gasteiger partial charge in [0.2, 0.25) is 11.8 Å². The highest BCUT2D eigenvalue weighted by molar-refractivity contribution is 5.92. The van der Waals surface area contributed by atoms with Gasteiger partial charge in [0, 0.05) is 25.8 Å². The molecule has 1 atom stereocenters. The maximum absolute atomic E-state index is 12.2. The summed E-state index contributed by atoms with van der Waals surface area (Å²) in [6.07, 6.45) is 4.23. The number of rotatable bonds is 5. The van der Waals surface area contributed by atoms with Crippen molar-refractivity contribution in [3.63, 3.8) is 0 Å². The molecule has 0 saturated carbocycles. The predicted molar refractivity (Wildman–Crippen MR) is 83.7 cm³/mol. The molecule has 0 aliphatic carbocycles. The standard InChI is InChI=1S/C15H23N5O3/c16-13(21)9-19-6-2-12(3-7-19)20-14(1-5-17-20)18-15(22)11-4-8-23-10-11/h1,5,11-12H,2-4,6-10H2,(H2,16,21)(H,18,22)/t11-/m0/s1. The van der Waals surface area contributed by atoms with E-state index < -0.39 is 0 Å². The van der Waals surface area contributed by atoms with Gasteiger partial charge in [-0.2, -0.15) is 5.10 Å². The molecule has 2 fully saturated rings. The van der Waals surface area contributed by atoms with Gasteiger partial charge in [-0.1, -0.05) is 0 Å². The molecule has 2 aliphatic rings. The predicted octanol–water partition coefficient (Wildman–Crippen LogP) is -0.0197. The molecule has 2 aliphatic heterocycles. The largest absolute Gasteiger partial charge is 0.381 e. The van der Waals surface area contributed by atoms with Crippen molar-refractivity contribution in [1.82, 2.24) is 14.7 Å². The molecule has 2 amide bonds. The van der Waals surface area contributed by atoms with Gasteiger partial charge in [0.1, 0.15) is 5.82 Å². The van der Waals surface area contributed by atoms with Crippen molar-refractivity contribution in [3.05, 3.63) is 12.3 Å². The van der Waals surface area contributed by atoms with Gasteiger partial charge in [0.25, 0.3) is 0 Å². The van der Waals surface area contributed by atoms with E-state index in [-0.39, 0.29) is 23.8 Å². The Bertz CT molecular complexity index is 559. The van der Waals surface area contributed by atoms with Crippen LogP contribution in [0.4, 0.5) is 5.82 Å². The highest BCUT2D eigenvalue weighted by atomic mass is 16.5. The summed E-state index contributed by atoms with van der Waals surface area (Å²) in [5, 5.41) is 7.33. The molecule has 2 saturated heterocycles. The minimum Gasteiger partial charge on any atom is -0.381 e. The number of carbonyl (C=O) groups is 2. The maximum Gasteiger partial charge on any atom is 0.231 e. The maximum atomic E-state index is 12.2. The number of ether oxygens (including phenoxy) is 1. The SMILES string of the molecule is NC(=O)CN1CCC(n2nccc2NC(=O)[C@H]2CCOC2)CC1. The minimum absolute atomic E-state index is 0.00425. The van der Waals surface area contributed by atoms with Crippen LogP contribution in [0.3, 0.4) is 0 Å². The quantitative estimate of drug-likeness (QED) is 0.793. The summed E-state index contributed by atoms with van der Waals surface area (Å²) in [6, 6.07) is 2.05. The second-order valence-electron chi connectivity index (χ2n) is 6.18. The number of hydrogen-bond donors (Lipinski definition) is 2. The Balaban J connectivity index is 1.58. The summed E-state index contributed by atoms with van der Waals surface area (Å²) in [7, 11) is 0. The summed E-state index contributed by atoms with van der Waals surface area (Å²) in [6.45, 7) is 3.05. The van der Waals surface area contributed by atoms with Crippen LogP contribution in [0.2, 0.25) is 0 Å². The van der Waals surface area contributed by atoms with Gasteiger partial charge >= 0.3 is 0 Å². The highest BCUT2D eigenvalue weighted by Crippen LogP contribution is 2.26.